The summed E-state index contributed by atoms with van der Waals surface area (Å²) in [5.41, 5.74) is 3.47. The number of rotatable bonds is 9. The Bertz CT molecular complexity index is 932. The van der Waals surface area contributed by atoms with Gasteiger partial charge < -0.3 is 5.21 Å². The molecule has 0 aliphatic carbocycles. The molecule has 0 bridgehead atoms. The molecule has 0 saturated heterocycles. The number of hydrogen-bond acceptors (Lipinski definition) is 5. The second kappa shape index (κ2) is 10.0. The Morgan fingerprint density at radius 2 is 1.68 bits per heavy atom. The first kappa shape index (κ1) is 21.6. The maximum atomic E-state index is 12.6. The molecule has 2 aromatic rings. The fraction of sp³-hybridized carbons (Fsp3) is 0.333. The van der Waals surface area contributed by atoms with Crippen LogP contribution in [0.25, 0.3) is 0 Å². The summed E-state index contributed by atoms with van der Waals surface area (Å²) in [6.45, 7) is 5.97. The normalized spacial score (nSPS) is 12.8. The molecule has 0 saturated carbocycles. The number of oxime groups is 1. The molecule has 0 unspecified atom stereocenters. The number of hydrogen-bond donors (Lipinski definition) is 2. The summed E-state index contributed by atoms with van der Waals surface area (Å²) < 4.78 is 25.2. The van der Waals surface area contributed by atoms with Gasteiger partial charge in [0.2, 0.25) is 0 Å². The molecule has 0 aliphatic heterocycles. The minimum atomic E-state index is -3.83. The third-order valence-electron chi connectivity index (χ3n) is 4.41. The second-order valence-electron chi connectivity index (χ2n) is 6.57. The van der Waals surface area contributed by atoms with E-state index >= 15 is 0 Å². The van der Waals surface area contributed by atoms with Gasteiger partial charge in [0.25, 0.3) is 10.0 Å². The summed E-state index contributed by atoms with van der Waals surface area (Å²) in [5, 5.41) is 17.0. The van der Waals surface area contributed by atoms with E-state index in [1.165, 1.54) is 12.1 Å². The minimum absolute atomic E-state index is 0.124. The van der Waals surface area contributed by atoms with Crippen LogP contribution in [0.3, 0.4) is 0 Å². The molecular formula is C21H27N3O3S. The largest absolute Gasteiger partial charge is 0.411 e. The van der Waals surface area contributed by atoms with Gasteiger partial charge in [-0.3, -0.25) is 0 Å². The molecule has 0 amide bonds. The highest BCUT2D eigenvalue weighted by Gasteiger charge is 2.17. The summed E-state index contributed by atoms with van der Waals surface area (Å²) in [7, 11) is -3.83. The highest BCUT2D eigenvalue weighted by molar-refractivity contribution is 7.89. The van der Waals surface area contributed by atoms with Gasteiger partial charge in [-0.25, -0.2) is 0 Å². The maximum Gasteiger partial charge on any atom is 0.276 e. The first-order chi connectivity index (χ1) is 13.4. The number of nitrogens with zero attached hydrogens (tertiary/aromatic N) is 2. The van der Waals surface area contributed by atoms with Crippen molar-refractivity contribution in [1.29, 1.82) is 0 Å². The van der Waals surface area contributed by atoms with Crippen molar-refractivity contribution in [3.63, 3.8) is 0 Å². The molecular weight excluding hydrogens is 374 g/mol. The lowest BCUT2D eigenvalue weighted by Gasteiger charge is -2.11. The van der Waals surface area contributed by atoms with Crippen molar-refractivity contribution in [2.45, 2.75) is 51.3 Å². The monoisotopic (exact) mass is 401 g/mol. The lowest BCUT2D eigenvalue weighted by atomic mass is 10.00. The van der Waals surface area contributed by atoms with Crippen LogP contribution in [0.5, 0.6) is 0 Å². The Hall–Kier alpha value is -2.67. The van der Waals surface area contributed by atoms with Gasteiger partial charge in [0.05, 0.1) is 4.90 Å². The fourth-order valence-corrected chi connectivity index (χ4v) is 3.44. The highest BCUT2D eigenvalue weighted by Crippen LogP contribution is 2.13. The van der Waals surface area contributed by atoms with Crippen LogP contribution < -0.4 is 4.83 Å². The molecule has 2 rings (SSSR count). The van der Waals surface area contributed by atoms with Gasteiger partial charge >= 0.3 is 0 Å². The van der Waals surface area contributed by atoms with Gasteiger partial charge in [0, 0.05) is 5.56 Å². The SMILES string of the molecule is CCCCC(=N\O)/C(=N\NS(=O)(=O)c1ccc(C)cc1)c1ccc(CC)cc1. The van der Waals surface area contributed by atoms with E-state index < -0.39 is 10.0 Å². The van der Waals surface area contributed by atoms with Crippen molar-refractivity contribution >= 4 is 21.4 Å². The zero-order valence-corrected chi connectivity index (χ0v) is 17.3. The van der Waals surface area contributed by atoms with Crippen LogP contribution in [0.15, 0.2) is 63.7 Å². The molecule has 0 atom stereocenters. The van der Waals surface area contributed by atoms with E-state index in [2.05, 4.69) is 22.0 Å². The molecule has 0 aliphatic rings. The van der Waals surface area contributed by atoms with E-state index in [9.17, 15) is 13.6 Å². The van der Waals surface area contributed by atoms with Crippen LogP contribution in [0.2, 0.25) is 0 Å². The quantitative estimate of drug-likeness (QED) is 0.374. The number of hydrazone groups is 1. The predicted molar refractivity (Wildman–Crippen MR) is 113 cm³/mol. The van der Waals surface area contributed by atoms with Gasteiger partial charge in [-0.2, -0.15) is 18.4 Å². The van der Waals surface area contributed by atoms with Crippen molar-refractivity contribution in [3.8, 4) is 0 Å². The molecule has 28 heavy (non-hydrogen) atoms. The van der Waals surface area contributed by atoms with Crippen molar-refractivity contribution in [2.75, 3.05) is 0 Å². The second-order valence-corrected chi connectivity index (χ2v) is 8.23. The van der Waals surface area contributed by atoms with Crippen molar-refractivity contribution in [2.24, 2.45) is 10.3 Å². The zero-order chi connectivity index (χ0) is 20.6. The molecule has 0 spiro atoms. The molecule has 0 fully saturated rings. The lowest BCUT2D eigenvalue weighted by Crippen LogP contribution is -2.24. The summed E-state index contributed by atoms with van der Waals surface area (Å²) >= 11 is 0. The number of benzene rings is 2. The summed E-state index contributed by atoms with van der Waals surface area (Å²) in [6, 6.07) is 14.1. The van der Waals surface area contributed by atoms with Crippen LogP contribution in [0.1, 0.15) is 49.8 Å². The molecule has 2 aromatic carbocycles. The lowest BCUT2D eigenvalue weighted by molar-refractivity contribution is 0.318. The van der Waals surface area contributed by atoms with E-state index in [0.29, 0.717) is 23.4 Å². The van der Waals surface area contributed by atoms with E-state index in [4.69, 9.17) is 0 Å². The number of sulfonamides is 1. The number of nitrogens with one attached hydrogen (secondary N) is 1. The van der Waals surface area contributed by atoms with Crippen LogP contribution >= 0.6 is 0 Å². The molecule has 0 heterocycles. The van der Waals surface area contributed by atoms with E-state index in [1.54, 1.807) is 12.1 Å². The maximum absolute atomic E-state index is 12.6. The molecule has 0 aromatic heterocycles. The summed E-state index contributed by atoms with van der Waals surface area (Å²) in [5.74, 6) is 0. The van der Waals surface area contributed by atoms with E-state index in [1.807, 2.05) is 38.1 Å². The van der Waals surface area contributed by atoms with Gasteiger partial charge in [0.15, 0.2) is 0 Å². The number of unbranched alkanes of at least 4 members (excludes halogenated alkanes) is 1. The molecule has 0 radical (unpaired) electrons. The minimum Gasteiger partial charge on any atom is -0.411 e. The molecule has 2 N–H and O–H groups in total. The van der Waals surface area contributed by atoms with Crippen molar-refractivity contribution < 1.29 is 13.6 Å². The van der Waals surface area contributed by atoms with Crippen LogP contribution in [-0.4, -0.2) is 25.0 Å². The average molecular weight is 402 g/mol. The Labute approximate surface area is 167 Å². The van der Waals surface area contributed by atoms with E-state index in [0.717, 1.165) is 30.4 Å². The molecule has 6 nitrogen and oxygen atoms in total. The van der Waals surface area contributed by atoms with E-state index in [-0.39, 0.29) is 4.90 Å². The smallest absolute Gasteiger partial charge is 0.276 e. The van der Waals surface area contributed by atoms with Gasteiger partial charge in [0.1, 0.15) is 11.4 Å². The van der Waals surface area contributed by atoms with Crippen LogP contribution in [0.4, 0.5) is 0 Å². The molecule has 7 heteroatoms. The summed E-state index contributed by atoms with van der Waals surface area (Å²) in [6.07, 6.45) is 3.10. The first-order valence-corrected chi connectivity index (χ1v) is 10.9. The Morgan fingerprint density at radius 3 is 2.21 bits per heavy atom. The fourth-order valence-electron chi connectivity index (χ4n) is 2.63. The zero-order valence-electron chi connectivity index (χ0n) is 16.5. The predicted octanol–water partition coefficient (Wildman–Crippen LogP) is 4.26. The average Bonchev–Trinajstić information content (AvgIpc) is 2.71. The molecule has 150 valence electrons. The Kier molecular flexibility index (Phi) is 7.75. The van der Waals surface area contributed by atoms with Gasteiger partial charge in [-0.15, -0.1) is 0 Å². The third kappa shape index (κ3) is 5.66. The number of aryl methyl sites for hydroxylation is 2. The Morgan fingerprint density at radius 1 is 1.04 bits per heavy atom. The topological polar surface area (TPSA) is 91.1 Å². The van der Waals surface area contributed by atoms with Crippen molar-refractivity contribution in [1.82, 2.24) is 4.83 Å². The van der Waals surface area contributed by atoms with Crippen LogP contribution in [0, 0.1) is 6.92 Å². The van der Waals surface area contributed by atoms with Gasteiger partial charge in [-0.05, 0) is 43.9 Å². The highest BCUT2D eigenvalue weighted by atomic mass is 32.2. The third-order valence-corrected chi connectivity index (χ3v) is 5.63. The van der Waals surface area contributed by atoms with Crippen molar-refractivity contribution in [3.05, 3.63) is 65.2 Å². The van der Waals surface area contributed by atoms with Crippen LogP contribution in [-0.2, 0) is 16.4 Å². The standard InChI is InChI=1S/C21H27N3O3S/c1-4-6-7-20(23-25)21(18-12-10-17(5-2)11-13-18)22-24-28(26,27)19-14-8-16(3)9-15-19/h8-15,24-25H,4-7H2,1-3H3/b22-21-,23-20+. The van der Waals surface area contributed by atoms with Gasteiger partial charge in [-0.1, -0.05) is 67.4 Å². The Balaban J connectivity index is 2.40. The summed E-state index contributed by atoms with van der Waals surface area (Å²) in [4.78, 5) is 2.41. The first-order valence-electron chi connectivity index (χ1n) is 9.38.